The number of ether oxygens (including phenoxy) is 1. The zero-order valence-electron chi connectivity index (χ0n) is 13.2. The van der Waals surface area contributed by atoms with Crippen LogP contribution in [0.3, 0.4) is 0 Å². The molecule has 6 heteroatoms. The summed E-state index contributed by atoms with van der Waals surface area (Å²) in [5, 5.41) is 19.8. The maximum absolute atomic E-state index is 12.3. The molecule has 0 bridgehead atoms. The summed E-state index contributed by atoms with van der Waals surface area (Å²) < 4.78 is 5.72. The van der Waals surface area contributed by atoms with Gasteiger partial charge in [-0.05, 0) is 37.1 Å². The van der Waals surface area contributed by atoms with Crippen molar-refractivity contribution in [3.63, 3.8) is 0 Å². The van der Waals surface area contributed by atoms with Crippen molar-refractivity contribution in [1.82, 2.24) is 0 Å². The Hall–Kier alpha value is -2.37. The summed E-state index contributed by atoms with van der Waals surface area (Å²) >= 11 is 5.89. The van der Waals surface area contributed by atoms with Gasteiger partial charge in [0, 0.05) is 5.02 Å². The first-order chi connectivity index (χ1) is 11.2. The Morgan fingerprint density at radius 3 is 1.83 bits per heavy atom. The standard InChI is InChI=1S/C18H17ClO5/c1-17(2,15(20)21)24-18(16(22)23,12-6-4-3-5-7-12)13-8-10-14(19)11-9-13/h3-11H,1-2H3,(H,20,21)(H,22,23)/t18-/m1/s1. The predicted molar refractivity (Wildman–Crippen MR) is 89.1 cm³/mol. The monoisotopic (exact) mass is 348 g/mol. The van der Waals surface area contributed by atoms with E-state index in [4.69, 9.17) is 16.3 Å². The second kappa shape index (κ2) is 6.63. The summed E-state index contributed by atoms with van der Waals surface area (Å²) in [4.78, 5) is 23.8. The third kappa shape index (κ3) is 3.27. The van der Waals surface area contributed by atoms with Crippen molar-refractivity contribution >= 4 is 23.5 Å². The van der Waals surface area contributed by atoms with E-state index in [9.17, 15) is 19.8 Å². The molecule has 2 aromatic carbocycles. The smallest absolute Gasteiger partial charge is 0.345 e. The minimum Gasteiger partial charge on any atom is -0.479 e. The highest BCUT2D eigenvalue weighted by Crippen LogP contribution is 2.38. The van der Waals surface area contributed by atoms with Gasteiger partial charge in [0.1, 0.15) is 0 Å². The van der Waals surface area contributed by atoms with Gasteiger partial charge in [-0.25, -0.2) is 9.59 Å². The predicted octanol–water partition coefficient (Wildman–Crippen LogP) is 3.55. The van der Waals surface area contributed by atoms with Crippen LogP contribution in [-0.2, 0) is 19.9 Å². The lowest BCUT2D eigenvalue weighted by Gasteiger charge is -2.36. The number of rotatable bonds is 6. The molecule has 126 valence electrons. The number of hydrogen-bond acceptors (Lipinski definition) is 3. The van der Waals surface area contributed by atoms with Crippen molar-refractivity contribution in [2.75, 3.05) is 0 Å². The summed E-state index contributed by atoms with van der Waals surface area (Å²) in [5.74, 6) is -2.58. The second-order valence-electron chi connectivity index (χ2n) is 5.78. The van der Waals surface area contributed by atoms with Gasteiger partial charge in [-0.1, -0.05) is 54.1 Å². The third-order valence-electron chi connectivity index (χ3n) is 3.66. The van der Waals surface area contributed by atoms with Crippen LogP contribution in [-0.4, -0.2) is 27.8 Å². The quantitative estimate of drug-likeness (QED) is 0.834. The molecule has 0 aliphatic heterocycles. The van der Waals surface area contributed by atoms with Crippen molar-refractivity contribution < 1.29 is 24.5 Å². The van der Waals surface area contributed by atoms with Gasteiger partial charge in [-0.15, -0.1) is 0 Å². The van der Waals surface area contributed by atoms with Crippen LogP contribution in [0.1, 0.15) is 25.0 Å². The molecule has 2 N–H and O–H groups in total. The van der Waals surface area contributed by atoms with Crippen molar-refractivity contribution in [2.24, 2.45) is 0 Å². The molecule has 24 heavy (non-hydrogen) atoms. The van der Waals surface area contributed by atoms with Gasteiger partial charge >= 0.3 is 11.9 Å². The van der Waals surface area contributed by atoms with Crippen LogP contribution >= 0.6 is 11.6 Å². The molecule has 0 radical (unpaired) electrons. The zero-order chi connectivity index (χ0) is 18.0. The second-order valence-corrected chi connectivity index (χ2v) is 6.21. The highest BCUT2D eigenvalue weighted by molar-refractivity contribution is 6.30. The number of hydrogen-bond donors (Lipinski definition) is 2. The summed E-state index contributed by atoms with van der Waals surface area (Å²) in [5.41, 5.74) is -3.12. The molecule has 0 fully saturated rings. The van der Waals surface area contributed by atoms with Crippen LogP contribution in [0.5, 0.6) is 0 Å². The molecule has 2 rings (SSSR count). The molecule has 0 saturated heterocycles. The van der Waals surface area contributed by atoms with Gasteiger partial charge in [0.25, 0.3) is 0 Å². The van der Waals surface area contributed by atoms with E-state index in [-0.39, 0.29) is 5.56 Å². The van der Waals surface area contributed by atoms with E-state index >= 15 is 0 Å². The van der Waals surface area contributed by atoms with E-state index in [1.165, 1.54) is 38.1 Å². The van der Waals surface area contributed by atoms with Gasteiger partial charge in [-0.3, -0.25) is 0 Å². The number of halogens is 1. The van der Waals surface area contributed by atoms with Crippen molar-refractivity contribution in [1.29, 1.82) is 0 Å². The van der Waals surface area contributed by atoms with Crippen LogP contribution in [0, 0.1) is 0 Å². The van der Waals surface area contributed by atoms with E-state index in [0.717, 1.165) is 0 Å². The summed E-state index contributed by atoms with van der Waals surface area (Å²) in [7, 11) is 0. The highest BCUT2D eigenvalue weighted by atomic mass is 35.5. The van der Waals surface area contributed by atoms with Gasteiger partial charge in [-0.2, -0.15) is 0 Å². The Morgan fingerprint density at radius 2 is 1.38 bits per heavy atom. The first kappa shape index (κ1) is 18.0. The maximum atomic E-state index is 12.3. The Morgan fingerprint density at radius 1 is 0.875 bits per heavy atom. The molecule has 2 aromatic rings. The maximum Gasteiger partial charge on any atom is 0.345 e. The van der Waals surface area contributed by atoms with Crippen LogP contribution in [0.2, 0.25) is 5.02 Å². The SMILES string of the molecule is CC(C)(O[C@](C(=O)O)(c1ccccc1)c1ccc(Cl)cc1)C(=O)O. The fourth-order valence-electron chi connectivity index (χ4n) is 2.36. The van der Waals surface area contributed by atoms with Crippen LogP contribution in [0.25, 0.3) is 0 Å². The van der Waals surface area contributed by atoms with Crippen LogP contribution in [0.15, 0.2) is 54.6 Å². The molecule has 0 saturated carbocycles. The average Bonchev–Trinajstić information content (AvgIpc) is 2.54. The molecular weight excluding hydrogens is 332 g/mol. The third-order valence-corrected chi connectivity index (χ3v) is 3.91. The lowest BCUT2D eigenvalue weighted by molar-refractivity contribution is -0.193. The summed E-state index contributed by atoms with van der Waals surface area (Å²) in [6.07, 6.45) is 0. The largest absolute Gasteiger partial charge is 0.479 e. The molecule has 0 unspecified atom stereocenters. The Balaban J connectivity index is 2.73. The Labute approximate surface area is 144 Å². The first-order valence-corrected chi connectivity index (χ1v) is 7.56. The van der Waals surface area contributed by atoms with E-state index in [0.29, 0.717) is 10.6 Å². The number of carboxylic acids is 2. The summed E-state index contributed by atoms with van der Waals surface area (Å²) in [6.45, 7) is 2.62. The number of aliphatic carboxylic acids is 2. The molecule has 5 nitrogen and oxygen atoms in total. The summed E-state index contributed by atoms with van der Waals surface area (Å²) in [6, 6.07) is 14.3. The lowest BCUT2D eigenvalue weighted by Crippen LogP contribution is -2.49. The van der Waals surface area contributed by atoms with Crippen LogP contribution in [0.4, 0.5) is 0 Å². The fourth-order valence-corrected chi connectivity index (χ4v) is 2.48. The number of carbonyl (C=O) groups is 2. The normalized spacial score (nSPS) is 14.0. The van der Waals surface area contributed by atoms with E-state index in [1.54, 1.807) is 30.3 Å². The van der Waals surface area contributed by atoms with Crippen molar-refractivity contribution in [3.05, 3.63) is 70.7 Å². The number of benzene rings is 2. The molecule has 0 aliphatic rings. The molecule has 0 amide bonds. The lowest BCUT2D eigenvalue weighted by atomic mass is 9.85. The zero-order valence-corrected chi connectivity index (χ0v) is 13.9. The van der Waals surface area contributed by atoms with Crippen molar-refractivity contribution in [3.8, 4) is 0 Å². The van der Waals surface area contributed by atoms with Gasteiger partial charge in [0.05, 0.1) is 0 Å². The van der Waals surface area contributed by atoms with Gasteiger partial charge in [0.15, 0.2) is 5.60 Å². The average molecular weight is 349 g/mol. The van der Waals surface area contributed by atoms with Gasteiger partial charge < -0.3 is 14.9 Å². The molecule has 0 heterocycles. The van der Waals surface area contributed by atoms with Crippen molar-refractivity contribution in [2.45, 2.75) is 25.0 Å². The number of carboxylic acid groups (broad SMARTS) is 2. The Bertz CT molecular complexity index is 740. The topological polar surface area (TPSA) is 83.8 Å². The first-order valence-electron chi connectivity index (χ1n) is 7.18. The van der Waals surface area contributed by atoms with E-state index < -0.39 is 23.1 Å². The Kier molecular flexibility index (Phi) is 4.96. The molecule has 0 spiro atoms. The highest BCUT2D eigenvalue weighted by Gasteiger charge is 2.49. The molecular formula is C18H17ClO5. The fraction of sp³-hybridized carbons (Fsp3) is 0.222. The van der Waals surface area contributed by atoms with E-state index in [2.05, 4.69) is 0 Å². The molecule has 0 aliphatic carbocycles. The minimum atomic E-state index is -1.98. The van der Waals surface area contributed by atoms with E-state index in [1.807, 2.05) is 0 Å². The molecule has 1 atom stereocenters. The van der Waals surface area contributed by atoms with Gasteiger partial charge in [0.2, 0.25) is 5.60 Å². The minimum absolute atomic E-state index is 0.278. The van der Waals surface area contributed by atoms with Crippen LogP contribution < -0.4 is 0 Å². The molecule has 0 aromatic heterocycles.